The lowest BCUT2D eigenvalue weighted by molar-refractivity contribution is -0.122. The summed E-state index contributed by atoms with van der Waals surface area (Å²) >= 11 is 0. The highest BCUT2D eigenvalue weighted by molar-refractivity contribution is 6.01. The number of hydrogen-bond donors (Lipinski definition) is 3. The number of amides is 4. The fourth-order valence-corrected chi connectivity index (χ4v) is 3.49. The summed E-state index contributed by atoms with van der Waals surface area (Å²) in [5.74, 6) is 0.0844. The number of carbonyl (C=O) groups excluding carboxylic acids is 3. The lowest BCUT2D eigenvalue weighted by Crippen LogP contribution is -2.40. The van der Waals surface area contributed by atoms with Crippen LogP contribution in [0.5, 0.6) is 0 Å². The monoisotopic (exact) mass is 492 g/mol. The third kappa shape index (κ3) is 7.14. The van der Waals surface area contributed by atoms with Crippen LogP contribution in [0.1, 0.15) is 33.3 Å². The van der Waals surface area contributed by atoms with E-state index < -0.39 is 11.7 Å². The highest BCUT2D eigenvalue weighted by Gasteiger charge is 2.21. The molecule has 0 saturated heterocycles. The minimum atomic E-state index is -0.644. The smallest absolute Gasteiger partial charge is 0.410 e. The highest BCUT2D eigenvalue weighted by Crippen LogP contribution is 2.31. The number of ether oxygens (including phenoxy) is 1. The van der Waals surface area contributed by atoms with Crippen molar-refractivity contribution in [2.24, 2.45) is 0 Å². The topological polar surface area (TPSA) is 126 Å². The average Bonchev–Trinajstić information content (AvgIpc) is 2.82. The number of nitrogens with one attached hydrogen (secondary N) is 3. The van der Waals surface area contributed by atoms with Gasteiger partial charge in [0, 0.05) is 44.1 Å². The molecule has 0 saturated carbocycles. The average molecular weight is 493 g/mol. The lowest BCUT2D eigenvalue weighted by atomic mass is 9.96. The molecule has 4 amide bonds. The second kappa shape index (κ2) is 11.5. The number of fused-ring (bicyclic) bond motifs is 1. The summed E-state index contributed by atoms with van der Waals surface area (Å²) in [7, 11) is 1.51. The van der Waals surface area contributed by atoms with Crippen LogP contribution in [0.25, 0.3) is 21.9 Å². The molecular weight excluding hydrogens is 460 g/mol. The van der Waals surface area contributed by atoms with Crippen molar-refractivity contribution in [3.63, 3.8) is 0 Å². The van der Waals surface area contributed by atoms with E-state index in [0.717, 1.165) is 27.5 Å². The quantitative estimate of drug-likeness (QED) is 0.459. The normalized spacial score (nSPS) is 11.0. The van der Waals surface area contributed by atoms with E-state index in [4.69, 9.17) is 4.74 Å². The Bertz CT molecular complexity index is 1240. The van der Waals surface area contributed by atoms with Crippen molar-refractivity contribution in [1.29, 1.82) is 0 Å². The predicted molar refractivity (Wildman–Crippen MR) is 138 cm³/mol. The number of hydrogen-bond acceptors (Lipinski definition) is 6. The largest absolute Gasteiger partial charge is 0.444 e. The highest BCUT2D eigenvalue weighted by atomic mass is 16.6. The molecule has 0 unspecified atom stereocenters. The zero-order chi connectivity index (χ0) is 26.3. The summed E-state index contributed by atoms with van der Waals surface area (Å²) in [6, 6.07) is 9.16. The fraction of sp³-hybridized carbons (Fsp3) is 0.346. The van der Waals surface area contributed by atoms with Gasteiger partial charge in [0.05, 0.1) is 0 Å². The second-order valence-electron chi connectivity index (χ2n) is 9.22. The first-order valence-electron chi connectivity index (χ1n) is 11.6. The third-order valence-corrected chi connectivity index (χ3v) is 5.12. The lowest BCUT2D eigenvalue weighted by Gasteiger charge is -2.24. The van der Waals surface area contributed by atoms with E-state index in [1.54, 1.807) is 39.4 Å². The molecule has 0 aliphatic heterocycles. The van der Waals surface area contributed by atoms with E-state index in [2.05, 4.69) is 25.9 Å². The Morgan fingerprint density at radius 1 is 1.03 bits per heavy atom. The Morgan fingerprint density at radius 2 is 1.75 bits per heavy atom. The SMILES string of the molecule is CCNC(=O)Nc1cc2c(-c3ccncc3)ccc(CNC(=O)CN(C)C(=O)OC(C)(C)C)c2cn1. The van der Waals surface area contributed by atoms with Crippen molar-refractivity contribution in [3.8, 4) is 11.1 Å². The standard InChI is InChI=1S/C26H32N6O4/c1-6-28-24(34)31-22-13-20-19(17-9-11-27-12-10-17)8-7-18(21(20)15-29-22)14-30-23(33)16-32(5)25(35)36-26(2,3)4/h7-13,15H,6,14,16H2,1-5H3,(H,30,33)(H2,28,29,31,34). The molecular formula is C26H32N6O4. The summed E-state index contributed by atoms with van der Waals surface area (Å²) in [4.78, 5) is 46.4. The Kier molecular flexibility index (Phi) is 8.42. The van der Waals surface area contributed by atoms with Crippen molar-refractivity contribution in [2.45, 2.75) is 39.8 Å². The molecule has 0 fully saturated rings. The molecule has 0 aliphatic rings. The molecule has 10 heteroatoms. The minimum absolute atomic E-state index is 0.138. The summed E-state index contributed by atoms with van der Waals surface area (Å²) in [5, 5.41) is 9.97. The first-order chi connectivity index (χ1) is 17.1. The summed E-state index contributed by atoms with van der Waals surface area (Å²) in [6.45, 7) is 7.73. The van der Waals surface area contributed by atoms with Gasteiger partial charge < -0.3 is 20.3 Å². The molecule has 36 heavy (non-hydrogen) atoms. The fourth-order valence-electron chi connectivity index (χ4n) is 3.49. The maximum Gasteiger partial charge on any atom is 0.410 e. The molecule has 0 spiro atoms. The van der Waals surface area contributed by atoms with Gasteiger partial charge in [-0.1, -0.05) is 12.1 Å². The van der Waals surface area contributed by atoms with Gasteiger partial charge in [-0.25, -0.2) is 14.6 Å². The number of rotatable bonds is 7. The van der Waals surface area contributed by atoms with E-state index in [-0.39, 0.29) is 25.0 Å². The Hall–Kier alpha value is -4.21. The van der Waals surface area contributed by atoms with E-state index in [0.29, 0.717) is 12.4 Å². The summed E-state index contributed by atoms with van der Waals surface area (Å²) in [5.41, 5.74) is 2.09. The number of pyridine rings is 2. The first-order valence-corrected chi connectivity index (χ1v) is 11.6. The van der Waals surface area contributed by atoms with E-state index in [9.17, 15) is 14.4 Å². The zero-order valence-corrected chi connectivity index (χ0v) is 21.2. The number of anilines is 1. The number of nitrogens with zero attached hydrogens (tertiary/aromatic N) is 3. The number of aromatic nitrogens is 2. The van der Waals surface area contributed by atoms with Crippen LogP contribution in [-0.4, -0.2) is 58.6 Å². The molecule has 3 aromatic rings. The number of carbonyl (C=O) groups is 3. The van der Waals surface area contributed by atoms with Gasteiger partial charge in [0.25, 0.3) is 0 Å². The van der Waals surface area contributed by atoms with Crippen LogP contribution in [-0.2, 0) is 16.1 Å². The maximum absolute atomic E-state index is 12.5. The summed E-state index contributed by atoms with van der Waals surface area (Å²) < 4.78 is 5.29. The molecule has 10 nitrogen and oxygen atoms in total. The second-order valence-corrected chi connectivity index (χ2v) is 9.22. The van der Waals surface area contributed by atoms with Crippen LogP contribution >= 0.6 is 0 Å². The van der Waals surface area contributed by atoms with E-state index in [1.807, 2.05) is 37.3 Å². The molecule has 2 heterocycles. The molecule has 3 rings (SSSR count). The summed E-state index contributed by atoms with van der Waals surface area (Å²) in [6.07, 6.45) is 4.54. The van der Waals surface area contributed by atoms with Gasteiger partial charge in [0.15, 0.2) is 0 Å². The number of urea groups is 1. The maximum atomic E-state index is 12.5. The Morgan fingerprint density at radius 3 is 2.42 bits per heavy atom. The van der Waals surface area contributed by atoms with Crippen LogP contribution in [0, 0.1) is 0 Å². The molecule has 2 aromatic heterocycles. The molecule has 3 N–H and O–H groups in total. The molecule has 0 atom stereocenters. The molecule has 190 valence electrons. The van der Waals surface area contributed by atoms with E-state index in [1.165, 1.54) is 11.9 Å². The molecule has 0 bridgehead atoms. The van der Waals surface area contributed by atoms with Crippen molar-refractivity contribution >= 4 is 34.6 Å². The Labute approximate surface area is 210 Å². The van der Waals surface area contributed by atoms with Crippen LogP contribution in [0.4, 0.5) is 15.4 Å². The van der Waals surface area contributed by atoms with Crippen molar-refractivity contribution < 1.29 is 19.1 Å². The van der Waals surface area contributed by atoms with Crippen LogP contribution in [0.3, 0.4) is 0 Å². The van der Waals surface area contributed by atoms with Crippen LogP contribution in [0.2, 0.25) is 0 Å². The third-order valence-electron chi connectivity index (χ3n) is 5.12. The molecule has 0 radical (unpaired) electrons. The van der Waals surface area contributed by atoms with Gasteiger partial charge in [-0.2, -0.15) is 0 Å². The van der Waals surface area contributed by atoms with Gasteiger partial charge >= 0.3 is 12.1 Å². The van der Waals surface area contributed by atoms with Gasteiger partial charge in [-0.05, 0) is 68.0 Å². The van der Waals surface area contributed by atoms with Crippen LogP contribution in [0.15, 0.2) is 48.9 Å². The van der Waals surface area contributed by atoms with Gasteiger partial charge in [-0.3, -0.25) is 15.1 Å². The number of benzene rings is 1. The number of likely N-dealkylation sites (N-methyl/N-ethyl adjacent to an activating group) is 1. The van der Waals surface area contributed by atoms with Crippen molar-refractivity contribution in [2.75, 3.05) is 25.5 Å². The van der Waals surface area contributed by atoms with Gasteiger partial charge in [0.2, 0.25) is 5.91 Å². The van der Waals surface area contributed by atoms with Gasteiger partial charge in [0.1, 0.15) is 18.0 Å². The predicted octanol–water partition coefficient (Wildman–Crippen LogP) is 3.92. The van der Waals surface area contributed by atoms with Crippen LogP contribution < -0.4 is 16.0 Å². The van der Waals surface area contributed by atoms with Gasteiger partial charge in [-0.15, -0.1) is 0 Å². The molecule has 1 aromatic carbocycles. The van der Waals surface area contributed by atoms with Crippen molar-refractivity contribution in [1.82, 2.24) is 25.5 Å². The van der Waals surface area contributed by atoms with E-state index >= 15 is 0 Å². The first kappa shape index (κ1) is 26.4. The zero-order valence-electron chi connectivity index (χ0n) is 21.2. The van der Waals surface area contributed by atoms with Crippen molar-refractivity contribution in [3.05, 3.63) is 54.5 Å². The Balaban J connectivity index is 1.83. The molecule has 0 aliphatic carbocycles. The minimum Gasteiger partial charge on any atom is -0.444 e.